The lowest BCUT2D eigenvalue weighted by Gasteiger charge is -2.37. The van der Waals surface area contributed by atoms with Crippen LogP contribution in [0.4, 0.5) is 5.69 Å². The Hall–Kier alpha value is -1.70. The number of piperidine rings is 1. The molecule has 0 aliphatic carbocycles. The molecular formula is C17H27N3O4. The van der Waals surface area contributed by atoms with Crippen molar-refractivity contribution in [3.8, 4) is 5.75 Å². The molecule has 0 saturated carbocycles. The number of nitro groups is 1. The van der Waals surface area contributed by atoms with Crippen molar-refractivity contribution in [3.05, 3.63) is 34.4 Å². The van der Waals surface area contributed by atoms with Crippen molar-refractivity contribution in [2.24, 2.45) is 0 Å². The van der Waals surface area contributed by atoms with Gasteiger partial charge in [0.15, 0.2) is 0 Å². The average molecular weight is 337 g/mol. The summed E-state index contributed by atoms with van der Waals surface area (Å²) >= 11 is 0. The fourth-order valence-corrected chi connectivity index (χ4v) is 3.09. The first kappa shape index (κ1) is 18.6. The molecule has 1 unspecified atom stereocenters. The fraction of sp³-hybridized carbons (Fsp3) is 0.647. The predicted molar refractivity (Wildman–Crippen MR) is 92.4 cm³/mol. The summed E-state index contributed by atoms with van der Waals surface area (Å²) in [6.07, 6.45) is 1.60. The van der Waals surface area contributed by atoms with Gasteiger partial charge < -0.3 is 19.6 Å². The van der Waals surface area contributed by atoms with Crippen molar-refractivity contribution in [2.45, 2.75) is 31.9 Å². The molecule has 24 heavy (non-hydrogen) atoms. The third-order valence-corrected chi connectivity index (χ3v) is 4.60. The summed E-state index contributed by atoms with van der Waals surface area (Å²) in [6, 6.07) is 6.51. The number of nitro benzene ring substituents is 1. The largest absolute Gasteiger partial charge is 0.491 e. The van der Waals surface area contributed by atoms with Gasteiger partial charge in [-0.15, -0.1) is 0 Å². The Kier molecular flexibility index (Phi) is 6.96. The number of hydrogen-bond acceptors (Lipinski definition) is 6. The van der Waals surface area contributed by atoms with E-state index in [4.69, 9.17) is 4.74 Å². The number of aliphatic hydroxyl groups excluding tert-OH is 1. The van der Waals surface area contributed by atoms with E-state index in [9.17, 15) is 15.2 Å². The van der Waals surface area contributed by atoms with Gasteiger partial charge in [0.25, 0.3) is 5.69 Å². The molecule has 2 rings (SSSR count). The summed E-state index contributed by atoms with van der Waals surface area (Å²) in [7, 11) is 2.03. The van der Waals surface area contributed by atoms with E-state index in [1.807, 2.05) is 7.05 Å². The van der Waals surface area contributed by atoms with E-state index >= 15 is 0 Å². The summed E-state index contributed by atoms with van der Waals surface area (Å²) in [5, 5.41) is 20.9. The molecule has 7 heteroatoms. The number of ether oxygens (including phenoxy) is 1. The molecule has 0 spiro atoms. The van der Waals surface area contributed by atoms with Crippen LogP contribution in [-0.4, -0.2) is 71.8 Å². The number of nitrogens with zero attached hydrogens (tertiary/aromatic N) is 3. The molecule has 1 aromatic carbocycles. The van der Waals surface area contributed by atoms with Crippen LogP contribution < -0.4 is 4.74 Å². The maximum Gasteiger partial charge on any atom is 0.273 e. The molecule has 0 radical (unpaired) electrons. The second kappa shape index (κ2) is 8.96. The molecule has 1 aliphatic rings. The minimum atomic E-state index is -0.626. The second-order valence-electron chi connectivity index (χ2n) is 6.32. The quantitative estimate of drug-likeness (QED) is 0.575. The molecule has 1 saturated heterocycles. The smallest absolute Gasteiger partial charge is 0.273 e. The second-order valence-corrected chi connectivity index (χ2v) is 6.32. The zero-order valence-corrected chi connectivity index (χ0v) is 14.4. The van der Waals surface area contributed by atoms with Gasteiger partial charge in [-0.05, 0) is 45.6 Å². The molecule has 1 aromatic rings. The van der Waals surface area contributed by atoms with Gasteiger partial charge in [0.2, 0.25) is 0 Å². The highest BCUT2D eigenvalue weighted by molar-refractivity contribution is 5.37. The number of aliphatic hydroxyl groups is 1. The van der Waals surface area contributed by atoms with Crippen molar-refractivity contribution in [1.82, 2.24) is 9.80 Å². The van der Waals surface area contributed by atoms with Gasteiger partial charge >= 0.3 is 0 Å². The standard InChI is InChI=1S/C17H27N3O4/c1-3-19-9-7-14(8-10-19)18(2)12-16(21)13-24-17-6-4-5-15(11-17)20(22)23/h4-6,11,14,16,21H,3,7-10,12-13H2,1-2H3. The normalized spacial score (nSPS) is 17.8. The van der Waals surface area contributed by atoms with Crippen LogP contribution >= 0.6 is 0 Å². The first-order valence-corrected chi connectivity index (χ1v) is 8.47. The monoisotopic (exact) mass is 337 g/mol. The molecular weight excluding hydrogens is 310 g/mol. The number of likely N-dealkylation sites (tertiary alicyclic amines) is 1. The predicted octanol–water partition coefficient (Wildman–Crippen LogP) is 1.75. The molecule has 1 atom stereocenters. The Morgan fingerprint density at radius 2 is 2.17 bits per heavy atom. The van der Waals surface area contributed by atoms with Crippen molar-refractivity contribution in [2.75, 3.05) is 39.8 Å². The van der Waals surface area contributed by atoms with Gasteiger partial charge in [-0.1, -0.05) is 13.0 Å². The molecule has 7 nitrogen and oxygen atoms in total. The summed E-state index contributed by atoms with van der Waals surface area (Å²) in [5.41, 5.74) is -0.0122. The first-order chi connectivity index (χ1) is 11.5. The van der Waals surface area contributed by atoms with E-state index in [1.165, 1.54) is 12.1 Å². The lowest BCUT2D eigenvalue weighted by atomic mass is 10.0. The molecule has 0 amide bonds. The van der Waals surface area contributed by atoms with E-state index in [0.717, 1.165) is 32.5 Å². The average Bonchev–Trinajstić information content (AvgIpc) is 2.60. The van der Waals surface area contributed by atoms with Crippen LogP contribution in [0.2, 0.25) is 0 Å². The zero-order chi connectivity index (χ0) is 17.5. The Labute approximate surface area is 143 Å². The summed E-state index contributed by atoms with van der Waals surface area (Å²) < 4.78 is 5.49. The van der Waals surface area contributed by atoms with Gasteiger partial charge in [-0.3, -0.25) is 10.1 Å². The third kappa shape index (κ3) is 5.43. The number of rotatable bonds is 8. The fourth-order valence-electron chi connectivity index (χ4n) is 3.09. The van der Waals surface area contributed by atoms with Crippen LogP contribution in [0.3, 0.4) is 0 Å². The van der Waals surface area contributed by atoms with Gasteiger partial charge in [0.05, 0.1) is 11.0 Å². The number of hydrogen-bond donors (Lipinski definition) is 1. The van der Waals surface area contributed by atoms with Crippen molar-refractivity contribution < 1.29 is 14.8 Å². The lowest BCUT2D eigenvalue weighted by Crippen LogP contribution is -2.46. The Morgan fingerprint density at radius 1 is 1.46 bits per heavy atom. The minimum absolute atomic E-state index is 0.0122. The number of benzene rings is 1. The molecule has 1 aliphatic heterocycles. The lowest BCUT2D eigenvalue weighted by molar-refractivity contribution is -0.384. The van der Waals surface area contributed by atoms with Crippen LogP contribution in [0.1, 0.15) is 19.8 Å². The molecule has 0 aromatic heterocycles. The van der Waals surface area contributed by atoms with E-state index in [2.05, 4.69) is 16.7 Å². The Bertz CT molecular complexity index is 532. The van der Waals surface area contributed by atoms with E-state index in [1.54, 1.807) is 12.1 Å². The Morgan fingerprint density at radius 3 is 2.79 bits per heavy atom. The van der Waals surface area contributed by atoms with Gasteiger partial charge in [-0.25, -0.2) is 0 Å². The topological polar surface area (TPSA) is 79.1 Å². The van der Waals surface area contributed by atoms with Gasteiger partial charge in [0, 0.05) is 18.7 Å². The van der Waals surface area contributed by atoms with Gasteiger partial charge in [-0.2, -0.15) is 0 Å². The van der Waals surface area contributed by atoms with Crippen LogP contribution in [0.5, 0.6) is 5.75 Å². The maximum absolute atomic E-state index is 10.7. The zero-order valence-electron chi connectivity index (χ0n) is 14.4. The molecule has 134 valence electrons. The molecule has 0 bridgehead atoms. The van der Waals surface area contributed by atoms with Crippen LogP contribution in [0, 0.1) is 10.1 Å². The van der Waals surface area contributed by atoms with E-state index in [-0.39, 0.29) is 12.3 Å². The summed E-state index contributed by atoms with van der Waals surface area (Å²) in [4.78, 5) is 14.9. The number of likely N-dealkylation sites (N-methyl/N-ethyl adjacent to an activating group) is 1. The maximum atomic E-state index is 10.7. The van der Waals surface area contributed by atoms with Crippen molar-refractivity contribution >= 4 is 5.69 Å². The highest BCUT2D eigenvalue weighted by Gasteiger charge is 2.23. The molecule has 1 fully saturated rings. The molecule has 1 heterocycles. The summed E-state index contributed by atoms with van der Waals surface area (Å²) in [5.74, 6) is 0.405. The van der Waals surface area contributed by atoms with Crippen LogP contribution in [0.25, 0.3) is 0 Å². The van der Waals surface area contributed by atoms with Gasteiger partial charge in [0.1, 0.15) is 18.5 Å². The minimum Gasteiger partial charge on any atom is -0.491 e. The van der Waals surface area contributed by atoms with Crippen LogP contribution in [-0.2, 0) is 0 Å². The van der Waals surface area contributed by atoms with Crippen molar-refractivity contribution in [3.63, 3.8) is 0 Å². The highest BCUT2D eigenvalue weighted by Crippen LogP contribution is 2.19. The molecule has 1 N–H and O–H groups in total. The summed E-state index contributed by atoms with van der Waals surface area (Å²) in [6.45, 7) is 6.14. The first-order valence-electron chi connectivity index (χ1n) is 8.47. The van der Waals surface area contributed by atoms with E-state index < -0.39 is 11.0 Å². The van der Waals surface area contributed by atoms with Crippen LogP contribution in [0.15, 0.2) is 24.3 Å². The Balaban J connectivity index is 1.75. The number of non-ortho nitro benzene ring substituents is 1. The SMILES string of the molecule is CCN1CCC(N(C)CC(O)COc2cccc([N+](=O)[O-])c2)CC1. The highest BCUT2D eigenvalue weighted by atomic mass is 16.6. The van der Waals surface area contributed by atoms with Crippen molar-refractivity contribution in [1.29, 1.82) is 0 Å². The van der Waals surface area contributed by atoms with E-state index in [0.29, 0.717) is 18.3 Å². The third-order valence-electron chi connectivity index (χ3n) is 4.60.